The van der Waals surface area contributed by atoms with Gasteiger partial charge in [-0.2, -0.15) is 0 Å². The fourth-order valence-corrected chi connectivity index (χ4v) is 3.32. The van der Waals surface area contributed by atoms with Crippen LogP contribution in [0.1, 0.15) is 45.4 Å². The number of hydrogen-bond acceptors (Lipinski definition) is 1. The van der Waals surface area contributed by atoms with Gasteiger partial charge < -0.3 is 5.32 Å². The normalized spacial score (nSPS) is 34.6. The summed E-state index contributed by atoms with van der Waals surface area (Å²) in [5.41, 5.74) is 1.70. The summed E-state index contributed by atoms with van der Waals surface area (Å²) in [4.78, 5) is 0. The van der Waals surface area contributed by atoms with E-state index >= 15 is 0 Å². The first-order chi connectivity index (χ1) is 6.83. The maximum absolute atomic E-state index is 3.55. The molecule has 80 valence electrons. The molecule has 1 fully saturated rings. The molecule has 0 aromatic carbocycles. The summed E-state index contributed by atoms with van der Waals surface area (Å²) in [5.74, 6) is 1.83. The largest absolute Gasteiger partial charge is 0.313 e. The van der Waals surface area contributed by atoms with Crippen LogP contribution in [0.25, 0.3) is 0 Å². The van der Waals surface area contributed by atoms with E-state index in [2.05, 4.69) is 25.4 Å². The zero-order valence-corrected chi connectivity index (χ0v) is 9.55. The first-order valence-electron chi connectivity index (χ1n) is 6.19. The summed E-state index contributed by atoms with van der Waals surface area (Å²) in [6, 6.07) is 0.690. The molecule has 0 radical (unpaired) electrons. The van der Waals surface area contributed by atoms with Crippen LogP contribution in [-0.2, 0) is 0 Å². The number of hydrogen-bond donors (Lipinski definition) is 1. The van der Waals surface area contributed by atoms with Crippen molar-refractivity contribution in [2.75, 3.05) is 7.05 Å². The number of likely N-dealkylation sites (N-methyl/N-ethyl adjacent to an activating group) is 1. The maximum atomic E-state index is 3.55. The van der Waals surface area contributed by atoms with Gasteiger partial charge in [-0.1, -0.05) is 31.4 Å². The van der Waals surface area contributed by atoms with Gasteiger partial charge in [-0.25, -0.2) is 0 Å². The molecule has 2 rings (SSSR count). The minimum Gasteiger partial charge on any atom is -0.313 e. The van der Waals surface area contributed by atoms with Crippen LogP contribution in [0.3, 0.4) is 0 Å². The molecular weight excluding hydrogens is 170 g/mol. The number of nitrogens with one attached hydrogen (secondary N) is 1. The Morgan fingerprint density at radius 1 is 1.36 bits per heavy atom. The lowest BCUT2D eigenvalue weighted by molar-refractivity contribution is 0.337. The van der Waals surface area contributed by atoms with Crippen molar-refractivity contribution in [3.05, 3.63) is 11.6 Å². The van der Waals surface area contributed by atoms with Gasteiger partial charge in [-0.15, -0.1) is 0 Å². The Morgan fingerprint density at radius 2 is 2.21 bits per heavy atom. The molecule has 1 saturated carbocycles. The minimum atomic E-state index is 0.690. The van der Waals surface area contributed by atoms with E-state index in [0.717, 1.165) is 11.8 Å². The first-order valence-corrected chi connectivity index (χ1v) is 6.19. The molecule has 0 aromatic rings. The Morgan fingerprint density at radius 3 is 2.71 bits per heavy atom. The fourth-order valence-electron chi connectivity index (χ4n) is 3.32. The van der Waals surface area contributed by atoms with Crippen LogP contribution in [0.4, 0.5) is 0 Å². The van der Waals surface area contributed by atoms with Gasteiger partial charge in [0, 0.05) is 6.04 Å². The number of allylic oxidation sites excluding steroid dienone is 1. The van der Waals surface area contributed by atoms with Crippen LogP contribution in [-0.4, -0.2) is 13.1 Å². The summed E-state index contributed by atoms with van der Waals surface area (Å²) in [5, 5.41) is 3.55. The average molecular weight is 193 g/mol. The summed E-state index contributed by atoms with van der Waals surface area (Å²) >= 11 is 0. The van der Waals surface area contributed by atoms with Crippen molar-refractivity contribution in [2.45, 2.75) is 51.5 Å². The molecule has 0 bridgehead atoms. The zero-order valence-electron chi connectivity index (χ0n) is 9.55. The van der Waals surface area contributed by atoms with Crippen LogP contribution in [0.5, 0.6) is 0 Å². The lowest BCUT2D eigenvalue weighted by Gasteiger charge is -2.28. The van der Waals surface area contributed by atoms with E-state index < -0.39 is 0 Å². The van der Waals surface area contributed by atoms with E-state index in [1.54, 1.807) is 5.57 Å². The second-order valence-electron chi connectivity index (χ2n) is 5.01. The van der Waals surface area contributed by atoms with Gasteiger partial charge in [0.1, 0.15) is 0 Å². The quantitative estimate of drug-likeness (QED) is 0.679. The van der Waals surface area contributed by atoms with E-state index in [1.807, 2.05) is 0 Å². The van der Waals surface area contributed by atoms with Crippen LogP contribution in [0, 0.1) is 11.8 Å². The molecular formula is C13H23N. The molecule has 3 atom stereocenters. The minimum absolute atomic E-state index is 0.690. The molecule has 3 unspecified atom stereocenters. The molecule has 0 amide bonds. The van der Waals surface area contributed by atoms with Crippen LogP contribution < -0.4 is 5.32 Å². The molecule has 1 nitrogen and oxygen atoms in total. The molecule has 0 saturated heterocycles. The van der Waals surface area contributed by atoms with E-state index in [-0.39, 0.29) is 0 Å². The summed E-state index contributed by atoms with van der Waals surface area (Å²) < 4.78 is 0. The van der Waals surface area contributed by atoms with Gasteiger partial charge in [-0.05, 0) is 44.6 Å². The molecule has 1 N–H and O–H groups in total. The van der Waals surface area contributed by atoms with Crippen molar-refractivity contribution >= 4 is 0 Å². The predicted molar refractivity (Wildman–Crippen MR) is 61.3 cm³/mol. The third-order valence-electron chi connectivity index (χ3n) is 4.14. The Kier molecular flexibility index (Phi) is 3.27. The van der Waals surface area contributed by atoms with Gasteiger partial charge in [0.15, 0.2) is 0 Å². The van der Waals surface area contributed by atoms with E-state index in [1.165, 1.54) is 38.5 Å². The lowest BCUT2D eigenvalue weighted by Crippen LogP contribution is -2.36. The maximum Gasteiger partial charge on any atom is 0.0307 e. The van der Waals surface area contributed by atoms with Crippen molar-refractivity contribution in [1.82, 2.24) is 5.32 Å². The van der Waals surface area contributed by atoms with Crippen LogP contribution >= 0.6 is 0 Å². The lowest BCUT2D eigenvalue weighted by atomic mass is 9.85. The average Bonchev–Trinajstić information content (AvgIpc) is 2.80. The molecule has 0 spiro atoms. The summed E-state index contributed by atoms with van der Waals surface area (Å²) in [6.45, 7) is 2.43. The summed E-state index contributed by atoms with van der Waals surface area (Å²) in [6.07, 6.45) is 10.8. The molecule has 2 aliphatic rings. The van der Waals surface area contributed by atoms with E-state index in [0.29, 0.717) is 6.04 Å². The third kappa shape index (κ3) is 1.88. The molecule has 0 aliphatic heterocycles. The number of rotatable bonds is 3. The first kappa shape index (κ1) is 10.2. The molecule has 0 aromatic heterocycles. The van der Waals surface area contributed by atoms with Crippen LogP contribution in [0.2, 0.25) is 0 Å². The van der Waals surface area contributed by atoms with Crippen LogP contribution in [0.15, 0.2) is 11.6 Å². The SMILES string of the molecule is CNC(C1=CCCC1)C1CCCC1C. The fraction of sp³-hybridized carbons (Fsp3) is 0.846. The van der Waals surface area contributed by atoms with Gasteiger partial charge in [0.05, 0.1) is 0 Å². The van der Waals surface area contributed by atoms with Crippen molar-refractivity contribution in [2.24, 2.45) is 11.8 Å². The monoisotopic (exact) mass is 193 g/mol. The highest BCUT2D eigenvalue weighted by atomic mass is 14.9. The third-order valence-corrected chi connectivity index (χ3v) is 4.14. The highest BCUT2D eigenvalue weighted by Crippen LogP contribution is 2.38. The summed E-state index contributed by atoms with van der Waals surface area (Å²) in [7, 11) is 2.13. The van der Waals surface area contributed by atoms with Gasteiger partial charge in [-0.3, -0.25) is 0 Å². The van der Waals surface area contributed by atoms with Gasteiger partial charge >= 0.3 is 0 Å². The molecule has 1 heteroatoms. The molecule has 14 heavy (non-hydrogen) atoms. The molecule has 0 heterocycles. The highest BCUT2D eigenvalue weighted by molar-refractivity contribution is 5.17. The van der Waals surface area contributed by atoms with E-state index in [9.17, 15) is 0 Å². The highest BCUT2D eigenvalue weighted by Gasteiger charge is 2.32. The second kappa shape index (κ2) is 4.48. The standard InChI is InChI=1S/C13H23N/c1-10-6-5-9-12(10)13(14-2)11-7-3-4-8-11/h7,10,12-14H,3-6,8-9H2,1-2H3. The topological polar surface area (TPSA) is 12.0 Å². The Labute approximate surface area is 88.0 Å². The van der Waals surface area contributed by atoms with Crippen molar-refractivity contribution in [3.63, 3.8) is 0 Å². The van der Waals surface area contributed by atoms with Crippen molar-refractivity contribution in [1.29, 1.82) is 0 Å². The van der Waals surface area contributed by atoms with E-state index in [4.69, 9.17) is 0 Å². The Bertz CT molecular complexity index is 219. The smallest absolute Gasteiger partial charge is 0.0307 e. The van der Waals surface area contributed by atoms with Crippen molar-refractivity contribution < 1.29 is 0 Å². The van der Waals surface area contributed by atoms with Gasteiger partial charge in [0.25, 0.3) is 0 Å². The predicted octanol–water partition coefficient (Wildman–Crippen LogP) is 3.12. The van der Waals surface area contributed by atoms with Crippen molar-refractivity contribution in [3.8, 4) is 0 Å². The second-order valence-corrected chi connectivity index (χ2v) is 5.01. The van der Waals surface area contributed by atoms with Gasteiger partial charge in [0.2, 0.25) is 0 Å². The Hall–Kier alpha value is -0.300. The zero-order chi connectivity index (χ0) is 9.97. The molecule has 2 aliphatic carbocycles. The Balaban J connectivity index is 2.04.